The van der Waals surface area contributed by atoms with Crippen molar-refractivity contribution in [3.8, 4) is 28.3 Å². The normalized spacial score (nSPS) is 15.1. The Balaban J connectivity index is 1.31. The first-order valence-corrected chi connectivity index (χ1v) is 12.1. The summed E-state index contributed by atoms with van der Waals surface area (Å²) in [4.78, 5) is 0. The third-order valence-corrected chi connectivity index (χ3v) is 6.80. The Bertz CT molecular complexity index is 1480. The molecule has 0 bridgehead atoms. The Morgan fingerprint density at radius 3 is 2.56 bits per heavy atom. The van der Waals surface area contributed by atoms with Crippen LogP contribution in [0.4, 0.5) is 0 Å². The molecule has 7 nitrogen and oxygen atoms in total. The zero-order valence-electron chi connectivity index (χ0n) is 19.7. The molecule has 36 heavy (non-hydrogen) atoms. The van der Waals surface area contributed by atoms with Gasteiger partial charge >= 0.3 is 0 Å². The number of hydrogen-bond donors (Lipinski definition) is 2. The Labute approximate surface area is 208 Å². The van der Waals surface area contributed by atoms with E-state index in [4.69, 9.17) is 9.47 Å². The van der Waals surface area contributed by atoms with E-state index in [-0.39, 0.29) is 0 Å². The average molecular weight is 479 g/mol. The van der Waals surface area contributed by atoms with Crippen LogP contribution in [0.5, 0.6) is 5.75 Å². The standard InChI is InChI=1S/C29H26N4O3/c34-29(11-13-35-14-12-29)24-8-4-5-20(15-24)19-36-25-10-9-22-16-23(28-30-32-33-31-28)17-26(27(22)18-25)21-6-2-1-3-7-21/h1-10,15-18,34H,11-14,19H2,(H,30,31,32,33). The molecule has 0 spiro atoms. The molecule has 5 aromatic rings. The van der Waals surface area contributed by atoms with Crippen molar-refractivity contribution in [2.24, 2.45) is 0 Å². The minimum atomic E-state index is -0.835. The number of fused-ring (bicyclic) bond motifs is 1. The lowest BCUT2D eigenvalue weighted by Crippen LogP contribution is -2.33. The summed E-state index contributed by atoms with van der Waals surface area (Å²) in [5.74, 6) is 1.34. The van der Waals surface area contributed by atoms with Crippen LogP contribution in [0.1, 0.15) is 24.0 Å². The van der Waals surface area contributed by atoms with E-state index in [9.17, 15) is 5.11 Å². The molecular formula is C29H26N4O3. The number of nitrogens with zero attached hydrogens (tertiary/aromatic N) is 3. The van der Waals surface area contributed by atoms with E-state index in [2.05, 4.69) is 57.0 Å². The zero-order chi connectivity index (χ0) is 24.4. The number of benzene rings is 4. The van der Waals surface area contributed by atoms with E-state index in [1.54, 1.807) is 0 Å². The van der Waals surface area contributed by atoms with Crippen LogP contribution in [-0.2, 0) is 16.9 Å². The number of H-pyrrole nitrogens is 1. The van der Waals surface area contributed by atoms with E-state index < -0.39 is 5.60 Å². The molecule has 1 aliphatic heterocycles. The maximum absolute atomic E-state index is 11.1. The summed E-state index contributed by atoms with van der Waals surface area (Å²) in [6.45, 7) is 1.56. The van der Waals surface area contributed by atoms with Gasteiger partial charge in [-0.05, 0) is 68.6 Å². The lowest BCUT2D eigenvalue weighted by molar-refractivity contribution is -0.0679. The molecule has 0 aliphatic carbocycles. The van der Waals surface area contributed by atoms with Gasteiger partial charge in [0.15, 0.2) is 0 Å². The highest BCUT2D eigenvalue weighted by atomic mass is 16.5. The molecule has 0 radical (unpaired) electrons. The van der Waals surface area contributed by atoms with Crippen molar-refractivity contribution in [1.29, 1.82) is 0 Å². The van der Waals surface area contributed by atoms with E-state index in [1.807, 2.05) is 48.5 Å². The molecule has 7 heteroatoms. The summed E-state index contributed by atoms with van der Waals surface area (Å²) < 4.78 is 11.7. The van der Waals surface area contributed by atoms with Gasteiger partial charge in [-0.1, -0.05) is 54.6 Å². The van der Waals surface area contributed by atoms with Gasteiger partial charge in [0.05, 0.1) is 5.60 Å². The number of rotatable bonds is 6. The van der Waals surface area contributed by atoms with Gasteiger partial charge in [-0.25, -0.2) is 0 Å². The van der Waals surface area contributed by atoms with Crippen LogP contribution in [0.3, 0.4) is 0 Å². The number of tetrazole rings is 1. The van der Waals surface area contributed by atoms with Gasteiger partial charge in [0.2, 0.25) is 5.82 Å². The minimum absolute atomic E-state index is 0.410. The molecule has 1 fully saturated rings. The summed E-state index contributed by atoms with van der Waals surface area (Å²) in [5.41, 5.74) is 4.17. The van der Waals surface area contributed by atoms with Crippen molar-refractivity contribution in [3.63, 3.8) is 0 Å². The van der Waals surface area contributed by atoms with Gasteiger partial charge < -0.3 is 14.6 Å². The predicted octanol–water partition coefficient (Wildman–Crippen LogP) is 5.26. The highest BCUT2D eigenvalue weighted by molar-refractivity contribution is 6.00. The second-order valence-corrected chi connectivity index (χ2v) is 9.14. The third kappa shape index (κ3) is 4.46. The smallest absolute Gasteiger partial charge is 0.204 e. The van der Waals surface area contributed by atoms with Crippen LogP contribution in [-0.4, -0.2) is 38.9 Å². The van der Waals surface area contributed by atoms with E-state index in [1.165, 1.54) is 0 Å². The largest absolute Gasteiger partial charge is 0.489 e. The number of aromatic nitrogens is 4. The second-order valence-electron chi connectivity index (χ2n) is 9.14. The fourth-order valence-electron chi connectivity index (χ4n) is 4.81. The number of aliphatic hydroxyl groups is 1. The SMILES string of the molecule is OC1(c2cccc(COc3ccc4cc(-c5nn[nH]n5)cc(-c5ccccc5)c4c3)c2)CCOCC1. The number of ether oxygens (including phenoxy) is 2. The molecule has 1 aliphatic rings. The predicted molar refractivity (Wildman–Crippen MR) is 137 cm³/mol. The van der Waals surface area contributed by atoms with Gasteiger partial charge in [-0.3, -0.25) is 0 Å². The topological polar surface area (TPSA) is 93.2 Å². The van der Waals surface area contributed by atoms with Gasteiger partial charge in [-0.2, -0.15) is 5.21 Å². The lowest BCUT2D eigenvalue weighted by Gasteiger charge is -2.32. The van der Waals surface area contributed by atoms with Crippen molar-refractivity contribution in [1.82, 2.24) is 20.6 Å². The molecule has 2 heterocycles. The molecule has 0 saturated carbocycles. The fourth-order valence-corrected chi connectivity index (χ4v) is 4.81. The van der Waals surface area contributed by atoms with Gasteiger partial charge in [0.1, 0.15) is 12.4 Å². The Morgan fingerprint density at radius 1 is 0.889 bits per heavy atom. The van der Waals surface area contributed by atoms with Crippen LogP contribution >= 0.6 is 0 Å². The molecule has 0 atom stereocenters. The van der Waals surface area contributed by atoms with Crippen molar-refractivity contribution in [2.45, 2.75) is 25.0 Å². The Kier molecular flexibility index (Phi) is 5.93. The van der Waals surface area contributed by atoms with E-state index >= 15 is 0 Å². The first-order valence-electron chi connectivity index (χ1n) is 12.1. The Morgan fingerprint density at radius 2 is 1.75 bits per heavy atom. The van der Waals surface area contributed by atoms with Crippen LogP contribution < -0.4 is 4.74 Å². The molecular weight excluding hydrogens is 452 g/mol. The first-order chi connectivity index (χ1) is 17.7. The molecule has 1 aromatic heterocycles. The Hall–Kier alpha value is -4.07. The lowest BCUT2D eigenvalue weighted by atomic mass is 9.86. The van der Waals surface area contributed by atoms with Crippen LogP contribution in [0, 0.1) is 0 Å². The molecule has 2 N–H and O–H groups in total. The maximum atomic E-state index is 11.1. The summed E-state index contributed by atoms with van der Waals surface area (Å²) >= 11 is 0. The summed E-state index contributed by atoms with van der Waals surface area (Å²) in [6.07, 6.45) is 1.21. The zero-order valence-corrected chi connectivity index (χ0v) is 19.7. The van der Waals surface area contributed by atoms with E-state index in [0.29, 0.717) is 38.5 Å². The van der Waals surface area contributed by atoms with Crippen LogP contribution in [0.15, 0.2) is 84.9 Å². The maximum Gasteiger partial charge on any atom is 0.204 e. The highest BCUT2D eigenvalue weighted by Gasteiger charge is 2.31. The summed E-state index contributed by atoms with van der Waals surface area (Å²) in [7, 11) is 0. The average Bonchev–Trinajstić information content (AvgIpc) is 3.48. The summed E-state index contributed by atoms with van der Waals surface area (Å²) in [5, 5.41) is 27.8. The van der Waals surface area contributed by atoms with Gasteiger partial charge in [0.25, 0.3) is 0 Å². The van der Waals surface area contributed by atoms with Crippen molar-refractivity contribution < 1.29 is 14.6 Å². The minimum Gasteiger partial charge on any atom is -0.489 e. The van der Waals surface area contributed by atoms with Gasteiger partial charge in [-0.15, -0.1) is 10.2 Å². The van der Waals surface area contributed by atoms with Crippen LogP contribution in [0.25, 0.3) is 33.3 Å². The molecule has 4 aromatic carbocycles. The number of nitrogens with one attached hydrogen (secondary N) is 1. The van der Waals surface area contributed by atoms with Crippen LogP contribution in [0.2, 0.25) is 0 Å². The van der Waals surface area contributed by atoms with Crippen molar-refractivity contribution in [3.05, 3.63) is 96.1 Å². The molecule has 0 amide bonds. The van der Waals surface area contributed by atoms with E-state index in [0.717, 1.165) is 44.3 Å². The molecule has 1 saturated heterocycles. The van der Waals surface area contributed by atoms with Crippen molar-refractivity contribution in [2.75, 3.05) is 13.2 Å². The molecule has 6 rings (SSSR count). The molecule has 0 unspecified atom stereocenters. The number of aromatic amines is 1. The second kappa shape index (κ2) is 9.53. The highest BCUT2D eigenvalue weighted by Crippen LogP contribution is 2.36. The fraction of sp³-hybridized carbons (Fsp3) is 0.207. The first kappa shape index (κ1) is 22.4. The number of hydrogen-bond acceptors (Lipinski definition) is 6. The summed E-state index contributed by atoms with van der Waals surface area (Å²) in [6, 6.07) is 28.6. The molecule has 180 valence electrons. The quantitative estimate of drug-likeness (QED) is 0.346. The van der Waals surface area contributed by atoms with Crippen molar-refractivity contribution >= 4 is 10.8 Å². The monoisotopic (exact) mass is 478 g/mol. The van der Waals surface area contributed by atoms with Gasteiger partial charge in [0, 0.05) is 31.6 Å². The third-order valence-electron chi connectivity index (χ3n) is 6.80.